The van der Waals surface area contributed by atoms with Crippen molar-refractivity contribution < 1.29 is 13.9 Å². The Morgan fingerprint density at radius 2 is 1.64 bits per heavy atom. The molecule has 0 saturated carbocycles. The summed E-state index contributed by atoms with van der Waals surface area (Å²) in [6, 6.07) is 5.46. The molecule has 0 N–H and O–H groups in total. The lowest BCUT2D eigenvalue weighted by Gasteiger charge is -2.35. The van der Waals surface area contributed by atoms with Gasteiger partial charge in [0.05, 0.1) is 19.5 Å². The van der Waals surface area contributed by atoms with Crippen LogP contribution < -0.4 is 9.80 Å². The minimum atomic E-state index is -0.0543. The zero-order chi connectivity index (χ0) is 17.1. The van der Waals surface area contributed by atoms with Crippen LogP contribution in [0.4, 0.5) is 11.6 Å². The van der Waals surface area contributed by atoms with E-state index in [1.54, 1.807) is 18.5 Å². The van der Waals surface area contributed by atoms with E-state index in [-0.39, 0.29) is 5.91 Å². The molecular weight excluding hydrogens is 322 g/mol. The molecule has 0 radical (unpaired) electrons. The number of aromatic nitrogens is 2. The molecule has 8 heteroatoms. The third-order valence-corrected chi connectivity index (χ3v) is 4.60. The van der Waals surface area contributed by atoms with Gasteiger partial charge in [-0.3, -0.25) is 4.79 Å². The predicted octanol–water partition coefficient (Wildman–Crippen LogP) is 0.869. The van der Waals surface area contributed by atoms with E-state index in [2.05, 4.69) is 19.8 Å². The summed E-state index contributed by atoms with van der Waals surface area (Å²) in [5.74, 6) is 2.18. The maximum Gasteiger partial charge on any atom is 0.289 e. The average molecular weight is 343 g/mol. The van der Waals surface area contributed by atoms with Crippen molar-refractivity contribution in [3.8, 4) is 0 Å². The first-order valence-corrected chi connectivity index (χ1v) is 8.54. The van der Waals surface area contributed by atoms with Crippen molar-refractivity contribution >= 4 is 17.5 Å². The van der Waals surface area contributed by atoms with Crippen molar-refractivity contribution in [1.82, 2.24) is 14.9 Å². The second kappa shape index (κ2) is 7.10. The molecule has 4 heterocycles. The number of rotatable bonds is 3. The molecule has 2 aliphatic heterocycles. The maximum atomic E-state index is 12.3. The van der Waals surface area contributed by atoms with Crippen LogP contribution in [-0.4, -0.2) is 73.3 Å². The van der Waals surface area contributed by atoms with Crippen LogP contribution >= 0.6 is 0 Å². The number of morpholine rings is 1. The van der Waals surface area contributed by atoms with Gasteiger partial charge >= 0.3 is 0 Å². The van der Waals surface area contributed by atoms with E-state index in [0.717, 1.165) is 51.0 Å². The fraction of sp³-hybridized carbons (Fsp3) is 0.471. The van der Waals surface area contributed by atoms with E-state index < -0.39 is 0 Å². The number of carbonyl (C=O) groups excluding carboxylic acids is 1. The Kier molecular flexibility index (Phi) is 4.51. The summed E-state index contributed by atoms with van der Waals surface area (Å²) in [4.78, 5) is 27.4. The van der Waals surface area contributed by atoms with Crippen LogP contribution in [0.1, 0.15) is 10.6 Å². The number of carbonyl (C=O) groups is 1. The van der Waals surface area contributed by atoms with E-state index in [1.165, 1.54) is 6.26 Å². The Bertz CT molecular complexity index is 707. The normalized spacial score (nSPS) is 18.5. The molecule has 2 saturated heterocycles. The van der Waals surface area contributed by atoms with Gasteiger partial charge < -0.3 is 23.9 Å². The van der Waals surface area contributed by atoms with Crippen molar-refractivity contribution in [3.63, 3.8) is 0 Å². The van der Waals surface area contributed by atoms with Crippen LogP contribution in [0.15, 0.2) is 35.2 Å². The Hall–Kier alpha value is -2.61. The number of anilines is 2. The van der Waals surface area contributed by atoms with Gasteiger partial charge in [0, 0.05) is 45.3 Å². The Morgan fingerprint density at radius 1 is 0.960 bits per heavy atom. The van der Waals surface area contributed by atoms with E-state index in [9.17, 15) is 4.79 Å². The summed E-state index contributed by atoms with van der Waals surface area (Å²) in [5.41, 5.74) is 0. The van der Waals surface area contributed by atoms with Gasteiger partial charge in [-0.2, -0.15) is 0 Å². The summed E-state index contributed by atoms with van der Waals surface area (Å²) < 4.78 is 10.6. The lowest BCUT2D eigenvalue weighted by molar-refractivity contribution is 0.0714. The van der Waals surface area contributed by atoms with Crippen LogP contribution in [0.3, 0.4) is 0 Å². The predicted molar refractivity (Wildman–Crippen MR) is 91.9 cm³/mol. The summed E-state index contributed by atoms with van der Waals surface area (Å²) in [6.45, 7) is 5.94. The molecule has 0 bridgehead atoms. The standard InChI is InChI=1S/C17H21N5O3/c23-17(14-2-1-9-25-14)22-5-3-20(4-6-22)15-12-16(19-13-18-15)21-7-10-24-11-8-21/h1-2,9,12-13H,3-8,10-11H2. The molecule has 8 nitrogen and oxygen atoms in total. The second-order valence-corrected chi connectivity index (χ2v) is 6.09. The second-order valence-electron chi connectivity index (χ2n) is 6.09. The van der Waals surface area contributed by atoms with Gasteiger partial charge in [0.1, 0.15) is 18.0 Å². The highest BCUT2D eigenvalue weighted by Gasteiger charge is 2.25. The van der Waals surface area contributed by atoms with Gasteiger partial charge in [-0.1, -0.05) is 0 Å². The molecule has 0 aromatic carbocycles. The molecule has 0 aliphatic carbocycles. The summed E-state index contributed by atoms with van der Waals surface area (Å²) in [5, 5.41) is 0. The quantitative estimate of drug-likeness (QED) is 0.818. The molecule has 0 spiro atoms. The topological polar surface area (TPSA) is 74.9 Å². The van der Waals surface area contributed by atoms with E-state index in [0.29, 0.717) is 18.8 Å². The summed E-state index contributed by atoms with van der Waals surface area (Å²) in [7, 11) is 0. The van der Waals surface area contributed by atoms with Gasteiger partial charge in [-0.05, 0) is 12.1 Å². The SMILES string of the molecule is O=C(c1ccco1)N1CCN(c2cc(N3CCOCC3)ncn2)CC1. The molecule has 2 fully saturated rings. The Morgan fingerprint density at radius 3 is 2.28 bits per heavy atom. The van der Waals surface area contributed by atoms with Gasteiger partial charge in [-0.15, -0.1) is 0 Å². The maximum absolute atomic E-state index is 12.3. The highest BCUT2D eigenvalue weighted by Crippen LogP contribution is 2.20. The number of furan rings is 1. The van der Waals surface area contributed by atoms with Crippen LogP contribution in [0.25, 0.3) is 0 Å². The minimum absolute atomic E-state index is 0.0543. The van der Waals surface area contributed by atoms with Crippen molar-refractivity contribution in [2.75, 3.05) is 62.3 Å². The van der Waals surface area contributed by atoms with Crippen molar-refractivity contribution in [2.45, 2.75) is 0 Å². The van der Waals surface area contributed by atoms with Gasteiger partial charge in [0.15, 0.2) is 5.76 Å². The molecular formula is C17H21N5O3. The largest absolute Gasteiger partial charge is 0.459 e. The third-order valence-electron chi connectivity index (χ3n) is 4.60. The minimum Gasteiger partial charge on any atom is -0.459 e. The van der Waals surface area contributed by atoms with E-state index in [4.69, 9.17) is 9.15 Å². The van der Waals surface area contributed by atoms with Crippen LogP contribution in [0.5, 0.6) is 0 Å². The zero-order valence-corrected chi connectivity index (χ0v) is 14.0. The van der Waals surface area contributed by atoms with Gasteiger partial charge in [-0.25, -0.2) is 9.97 Å². The molecule has 25 heavy (non-hydrogen) atoms. The first kappa shape index (κ1) is 15.9. The highest BCUT2D eigenvalue weighted by atomic mass is 16.5. The Labute approximate surface area is 146 Å². The van der Waals surface area contributed by atoms with Crippen LogP contribution in [0.2, 0.25) is 0 Å². The first-order valence-electron chi connectivity index (χ1n) is 8.54. The van der Waals surface area contributed by atoms with Gasteiger partial charge in [0.2, 0.25) is 0 Å². The monoisotopic (exact) mass is 343 g/mol. The average Bonchev–Trinajstić information content (AvgIpc) is 3.23. The molecule has 2 aliphatic rings. The molecule has 0 atom stereocenters. The van der Waals surface area contributed by atoms with Crippen molar-refractivity contribution in [3.05, 3.63) is 36.5 Å². The summed E-state index contributed by atoms with van der Waals surface area (Å²) in [6.07, 6.45) is 3.14. The fourth-order valence-corrected chi connectivity index (χ4v) is 3.17. The van der Waals surface area contributed by atoms with E-state index >= 15 is 0 Å². The number of piperazine rings is 1. The van der Waals surface area contributed by atoms with Crippen LogP contribution in [-0.2, 0) is 4.74 Å². The molecule has 2 aromatic heterocycles. The third kappa shape index (κ3) is 3.43. The number of nitrogens with zero attached hydrogens (tertiary/aromatic N) is 5. The fourth-order valence-electron chi connectivity index (χ4n) is 3.17. The lowest BCUT2D eigenvalue weighted by atomic mass is 10.2. The molecule has 2 aromatic rings. The van der Waals surface area contributed by atoms with E-state index in [1.807, 2.05) is 11.0 Å². The van der Waals surface area contributed by atoms with Crippen molar-refractivity contribution in [1.29, 1.82) is 0 Å². The molecule has 132 valence electrons. The van der Waals surface area contributed by atoms with Crippen molar-refractivity contribution in [2.24, 2.45) is 0 Å². The number of ether oxygens (including phenoxy) is 1. The lowest BCUT2D eigenvalue weighted by Crippen LogP contribution is -2.49. The highest BCUT2D eigenvalue weighted by molar-refractivity contribution is 5.91. The molecule has 4 rings (SSSR count). The summed E-state index contributed by atoms with van der Waals surface area (Å²) >= 11 is 0. The zero-order valence-electron chi connectivity index (χ0n) is 14.0. The number of hydrogen-bond donors (Lipinski definition) is 0. The molecule has 1 amide bonds. The molecule has 0 unspecified atom stereocenters. The first-order chi connectivity index (χ1) is 12.3. The Balaban J connectivity index is 1.40. The number of hydrogen-bond acceptors (Lipinski definition) is 7. The van der Waals surface area contributed by atoms with Gasteiger partial charge in [0.25, 0.3) is 5.91 Å². The smallest absolute Gasteiger partial charge is 0.289 e. The van der Waals surface area contributed by atoms with Crippen LogP contribution in [0, 0.1) is 0 Å². The number of amides is 1.